The van der Waals surface area contributed by atoms with Gasteiger partial charge in [-0.15, -0.1) is 0 Å². The van der Waals surface area contributed by atoms with Crippen LogP contribution in [-0.4, -0.2) is 22.6 Å². The fourth-order valence-corrected chi connectivity index (χ4v) is 2.78. The molecule has 4 nitrogen and oxygen atoms in total. The van der Waals surface area contributed by atoms with Gasteiger partial charge in [0, 0.05) is 30.7 Å². The molecule has 3 rings (SSSR count). The van der Waals surface area contributed by atoms with E-state index in [0.29, 0.717) is 0 Å². The number of fused-ring (bicyclic) bond motifs is 1. The van der Waals surface area contributed by atoms with Crippen molar-refractivity contribution >= 4 is 11.6 Å². The quantitative estimate of drug-likeness (QED) is 0.937. The molecule has 0 bridgehead atoms. The molecule has 1 aromatic carbocycles. The van der Waals surface area contributed by atoms with E-state index in [1.807, 2.05) is 12.4 Å². The van der Waals surface area contributed by atoms with E-state index in [1.165, 1.54) is 11.3 Å². The second-order valence-electron chi connectivity index (χ2n) is 5.65. The smallest absolute Gasteiger partial charge is 0.229 e. The molecule has 1 aliphatic rings. The van der Waals surface area contributed by atoms with Crippen molar-refractivity contribution in [2.24, 2.45) is 5.73 Å². The Morgan fingerprint density at radius 1 is 1.24 bits per heavy atom. The lowest BCUT2D eigenvalue weighted by Gasteiger charge is -2.29. The van der Waals surface area contributed by atoms with Crippen LogP contribution in [0.4, 0.5) is 11.6 Å². The molecule has 0 amide bonds. The SMILES string of the molecule is CCC(N)Cc1cnc(N2CCCc3ccccc32)nc1. The van der Waals surface area contributed by atoms with Crippen molar-refractivity contribution < 1.29 is 0 Å². The van der Waals surface area contributed by atoms with Gasteiger partial charge in [-0.2, -0.15) is 0 Å². The third-order valence-electron chi connectivity index (χ3n) is 4.07. The molecule has 0 spiro atoms. The summed E-state index contributed by atoms with van der Waals surface area (Å²) in [4.78, 5) is 11.3. The number of para-hydroxylation sites is 1. The Hall–Kier alpha value is -1.94. The second-order valence-corrected chi connectivity index (χ2v) is 5.65. The zero-order valence-electron chi connectivity index (χ0n) is 12.5. The standard InChI is InChI=1S/C17H22N4/c1-2-15(18)10-13-11-19-17(20-12-13)21-9-5-7-14-6-3-4-8-16(14)21/h3-4,6,8,11-12,15H,2,5,7,9-10,18H2,1H3. The number of benzene rings is 1. The van der Waals surface area contributed by atoms with Crippen LogP contribution < -0.4 is 10.6 Å². The first-order valence-corrected chi connectivity index (χ1v) is 7.70. The molecule has 0 radical (unpaired) electrons. The van der Waals surface area contributed by atoms with Gasteiger partial charge in [0.2, 0.25) is 5.95 Å². The Balaban J connectivity index is 1.82. The van der Waals surface area contributed by atoms with Crippen molar-refractivity contribution in [2.75, 3.05) is 11.4 Å². The largest absolute Gasteiger partial charge is 0.327 e. The van der Waals surface area contributed by atoms with Crippen molar-refractivity contribution in [1.82, 2.24) is 9.97 Å². The van der Waals surface area contributed by atoms with Crippen molar-refractivity contribution in [3.63, 3.8) is 0 Å². The van der Waals surface area contributed by atoms with Crippen LogP contribution in [0.3, 0.4) is 0 Å². The molecule has 4 heteroatoms. The molecule has 2 N–H and O–H groups in total. The summed E-state index contributed by atoms with van der Waals surface area (Å²) in [7, 11) is 0. The Labute approximate surface area is 126 Å². The van der Waals surface area contributed by atoms with Crippen LogP contribution in [0, 0.1) is 0 Å². The van der Waals surface area contributed by atoms with Gasteiger partial charge in [-0.3, -0.25) is 0 Å². The molecule has 110 valence electrons. The number of nitrogens with two attached hydrogens (primary N) is 1. The highest BCUT2D eigenvalue weighted by atomic mass is 15.3. The highest BCUT2D eigenvalue weighted by molar-refractivity contribution is 5.63. The summed E-state index contributed by atoms with van der Waals surface area (Å²) < 4.78 is 0. The van der Waals surface area contributed by atoms with Crippen molar-refractivity contribution in [3.8, 4) is 0 Å². The van der Waals surface area contributed by atoms with Crippen LogP contribution in [0.25, 0.3) is 0 Å². The van der Waals surface area contributed by atoms with Crippen LogP contribution in [-0.2, 0) is 12.8 Å². The molecule has 0 saturated heterocycles. The lowest BCUT2D eigenvalue weighted by molar-refractivity contribution is 0.643. The monoisotopic (exact) mass is 282 g/mol. The fraction of sp³-hybridized carbons (Fsp3) is 0.412. The molecular formula is C17H22N4. The summed E-state index contributed by atoms with van der Waals surface area (Å²) in [5.41, 5.74) is 9.71. The molecule has 2 aromatic rings. The van der Waals surface area contributed by atoms with Crippen LogP contribution in [0.1, 0.15) is 30.9 Å². The summed E-state index contributed by atoms with van der Waals surface area (Å²) in [6, 6.07) is 8.70. The maximum absolute atomic E-state index is 5.98. The predicted molar refractivity (Wildman–Crippen MR) is 85.8 cm³/mol. The van der Waals surface area contributed by atoms with Gasteiger partial charge in [-0.25, -0.2) is 9.97 Å². The number of anilines is 2. The van der Waals surface area contributed by atoms with Gasteiger partial charge in [-0.05, 0) is 42.9 Å². The molecule has 21 heavy (non-hydrogen) atoms. The summed E-state index contributed by atoms with van der Waals surface area (Å²) in [5.74, 6) is 0.788. The number of hydrogen-bond donors (Lipinski definition) is 1. The first-order valence-electron chi connectivity index (χ1n) is 7.70. The van der Waals surface area contributed by atoms with Gasteiger partial charge in [0.05, 0.1) is 0 Å². The average molecular weight is 282 g/mol. The molecule has 1 aliphatic heterocycles. The Bertz CT molecular complexity index is 594. The zero-order chi connectivity index (χ0) is 14.7. The molecule has 0 aliphatic carbocycles. The Kier molecular flexibility index (Phi) is 4.15. The van der Waals surface area contributed by atoms with Gasteiger partial charge in [0.1, 0.15) is 0 Å². The van der Waals surface area contributed by atoms with Gasteiger partial charge in [0.25, 0.3) is 0 Å². The second kappa shape index (κ2) is 6.22. The van der Waals surface area contributed by atoms with E-state index in [0.717, 1.165) is 43.7 Å². The normalized spacial score (nSPS) is 15.6. The van der Waals surface area contributed by atoms with E-state index in [4.69, 9.17) is 5.73 Å². The number of hydrogen-bond acceptors (Lipinski definition) is 4. The zero-order valence-corrected chi connectivity index (χ0v) is 12.5. The molecule has 1 aromatic heterocycles. The van der Waals surface area contributed by atoms with Crippen LogP contribution in [0.5, 0.6) is 0 Å². The van der Waals surface area contributed by atoms with Crippen molar-refractivity contribution in [3.05, 3.63) is 47.8 Å². The maximum atomic E-state index is 5.98. The first kappa shape index (κ1) is 14.0. The van der Waals surface area contributed by atoms with Crippen molar-refractivity contribution in [1.29, 1.82) is 0 Å². The van der Waals surface area contributed by atoms with Crippen LogP contribution in [0.15, 0.2) is 36.7 Å². The topological polar surface area (TPSA) is 55.0 Å². The molecule has 0 fully saturated rings. The molecule has 1 atom stereocenters. The van der Waals surface area contributed by atoms with Crippen molar-refractivity contribution in [2.45, 2.75) is 38.6 Å². The lowest BCUT2D eigenvalue weighted by atomic mass is 10.0. The summed E-state index contributed by atoms with van der Waals surface area (Å²) in [6.07, 6.45) is 7.91. The van der Waals surface area contributed by atoms with Crippen LogP contribution >= 0.6 is 0 Å². The minimum absolute atomic E-state index is 0.190. The molecule has 0 saturated carbocycles. The summed E-state index contributed by atoms with van der Waals surface area (Å²) in [5, 5.41) is 0. The predicted octanol–water partition coefficient (Wildman–Crippen LogP) is 2.84. The number of aryl methyl sites for hydroxylation is 1. The first-order chi connectivity index (χ1) is 10.3. The van der Waals surface area contributed by atoms with Gasteiger partial charge < -0.3 is 10.6 Å². The molecule has 2 heterocycles. The van der Waals surface area contributed by atoms with E-state index in [2.05, 4.69) is 46.1 Å². The summed E-state index contributed by atoms with van der Waals surface area (Å²) in [6.45, 7) is 3.08. The third-order valence-corrected chi connectivity index (χ3v) is 4.07. The minimum Gasteiger partial charge on any atom is -0.327 e. The van der Waals surface area contributed by atoms with Gasteiger partial charge in [-0.1, -0.05) is 25.1 Å². The fourth-order valence-electron chi connectivity index (χ4n) is 2.78. The Morgan fingerprint density at radius 2 is 2.00 bits per heavy atom. The van der Waals surface area contributed by atoms with E-state index >= 15 is 0 Å². The Morgan fingerprint density at radius 3 is 2.76 bits per heavy atom. The third kappa shape index (κ3) is 3.05. The van der Waals surface area contributed by atoms with E-state index < -0.39 is 0 Å². The number of rotatable bonds is 4. The van der Waals surface area contributed by atoms with E-state index in [1.54, 1.807) is 0 Å². The van der Waals surface area contributed by atoms with E-state index in [9.17, 15) is 0 Å². The lowest BCUT2D eigenvalue weighted by Crippen LogP contribution is -2.26. The highest BCUT2D eigenvalue weighted by Gasteiger charge is 2.19. The number of nitrogens with zero attached hydrogens (tertiary/aromatic N) is 3. The summed E-state index contributed by atoms with van der Waals surface area (Å²) >= 11 is 0. The highest BCUT2D eigenvalue weighted by Crippen LogP contribution is 2.30. The molecule has 1 unspecified atom stereocenters. The van der Waals surface area contributed by atoms with Crippen LogP contribution in [0.2, 0.25) is 0 Å². The molecular weight excluding hydrogens is 260 g/mol. The van der Waals surface area contributed by atoms with Gasteiger partial charge in [0.15, 0.2) is 0 Å². The minimum atomic E-state index is 0.190. The van der Waals surface area contributed by atoms with E-state index in [-0.39, 0.29) is 6.04 Å². The maximum Gasteiger partial charge on any atom is 0.229 e. The van der Waals surface area contributed by atoms with Gasteiger partial charge >= 0.3 is 0 Å². The average Bonchev–Trinajstić information content (AvgIpc) is 2.55. The number of aromatic nitrogens is 2.